The first-order valence-corrected chi connectivity index (χ1v) is 8.68. The van der Waals surface area contributed by atoms with Gasteiger partial charge in [0.15, 0.2) is 11.6 Å². The summed E-state index contributed by atoms with van der Waals surface area (Å²) in [5, 5.41) is 0.606. The molecule has 0 aliphatic rings. The van der Waals surface area contributed by atoms with E-state index in [1.807, 2.05) is 0 Å². The van der Waals surface area contributed by atoms with E-state index in [2.05, 4.69) is 11.8 Å². The molecule has 2 aromatic rings. The maximum absolute atomic E-state index is 13.5. The van der Waals surface area contributed by atoms with E-state index in [9.17, 15) is 13.6 Å². The summed E-state index contributed by atoms with van der Waals surface area (Å²) >= 11 is 5.84. The molecule has 0 aliphatic carbocycles. The van der Waals surface area contributed by atoms with Crippen molar-refractivity contribution in [2.45, 2.75) is 32.9 Å². The summed E-state index contributed by atoms with van der Waals surface area (Å²) in [5.74, 6) is 3.92. The Hall–Kier alpha value is -2.58. The van der Waals surface area contributed by atoms with Gasteiger partial charge in [-0.25, -0.2) is 13.6 Å². The van der Waals surface area contributed by atoms with Crippen LogP contribution in [-0.2, 0) is 11.3 Å². The molecule has 0 aromatic heterocycles. The van der Waals surface area contributed by atoms with E-state index < -0.39 is 23.3 Å². The molecule has 3 nitrogen and oxygen atoms in total. The van der Waals surface area contributed by atoms with Gasteiger partial charge in [-0.1, -0.05) is 29.5 Å². The first-order chi connectivity index (χ1) is 12.6. The number of carbonyl (C=O) groups is 1. The van der Waals surface area contributed by atoms with Crippen molar-refractivity contribution in [1.29, 1.82) is 0 Å². The quantitative estimate of drug-likeness (QED) is 0.655. The van der Waals surface area contributed by atoms with Crippen molar-refractivity contribution in [3.63, 3.8) is 0 Å². The van der Waals surface area contributed by atoms with Gasteiger partial charge in [0.25, 0.3) is 0 Å². The molecule has 0 radical (unpaired) electrons. The van der Waals surface area contributed by atoms with Gasteiger partial charge in [-0.3, -0.25) is 4.90 Å². The van der Waals surface area contributed by atoms with Gasteiger partial charge in [0.2, 0.25) is 0 Å². The van der Waals surface area contributed by atoms with Gasteiger partial charge in [0.05, 0.1) is 13.1 Å². The second-order valence-electron chi connectivity index (χ2n) is 6.89. The van der Waals surface area contributed by atoms with Crippen LogP contribution in [-0.4, -0.2) is 23.1 Å². The van der Waals surface area contributed by atoms with E-state index in [-0.39, 0.29) is 13.1 Å². The highest BCUT2D eigenvalue weighted by Gasteiger charge is 2.22. The lowest BCUT2D eigenvalue weighted by Crippen LogP contribution is -2.36. The number of hydrogen-bond donors (Lipinski definition) is 0. The molecule has 0 saturated carbocycles. The third-order valence-corrected chi connectivity index (χ3v) is 3.61. The SMILES string of the molecule is CC(C)(C)OC(=O)N(CC#Cc1ccc(Cl)cc1)Cc1ccc(F)c(F)c1. The van der Waals surface area contributed by atoms with Crippen LogP contribution in [0.25, 0.3) is 0 Å². The Labute approximate surface area is 162 Å². The van der Waals surface area contributed by atoms with Crippen LogP contribution in [0.2, 0.25) is 5.02 Å². The Balaban J connectivity index is 2.17. The summed E-state index contributed by atoms with van der Waals surface area (Å²) in [6.45, 7) is 5.36. The summed E-state index contributed by atoms with van der Waals surface area (Å²) in [6, 6.07) is 10.5. The molecule has 0 saturated heterocycles. The van der Waals surface area contributed by atoms with Crippen LogP contribution < -0.4 is 0 Å². The Morgan fingerprint density at radius 3 is 2.37 bits per heavy atom. The minimum atomic E-state index is -0.969. The molecule has 0 N–H and O–H groups in total. The summed E-state index contributed by atoms with van der Waals surface area (Å²) in [5.41, 5.74) is 0.497. The molecule has 0 bridgehead atoms. The van der Waals surface area contributed by atoms with Gasteiger partial charge in [0.1, 0.15) is 5.60 Å². The van der Waals surface area contributed by atoms with Gasteiger partial charge >= 0.3 is 6.09 Å². The Morgan fingerprint density at radius 1 is 1.11 bits per heavy atom. The van der Waals surface area contributed by atoms with E-state index in [1.165, 1.54) is 11.0 Å². The Morgan fingerprint density at radius 2 is 1.78 bits per heavy atom. The average Bonchev–Trinajstić information content (AvgIpc) is 2.57. The van der Waals surface area contributed by atoms with Crippen LogP contribution in [0.3, 0.4) is 0 Å². The van der Waals surface area contributed by atoms with Crippen LogP contribution in [0.1, 0.15) is 31.9 Å². The molecule has 142 valence electrons. The number of ether oxygens (including phenoxy) is 1. The van der Waals surface area contributed by atoms with Crippen molar-refractivity contribution < 1.29 is 18.3 Å². The van der Waals surface area contributed by atoms with Crippen molar-refractivity contribution in [2.75, 3.05) is 6.54 Å². The van der Waals surface area contributed by atoms with E-state index in [0.717, 1.165) is 17.7 Å². The zero-order chi connectivity index (χ0) is 20.0. The summed E-state index contributed by atoms with van der Waals surface area (Å²) in [7, 11) is 0. The van der Waals surface area contributed by atoms with Gasteiger partial charge in [-0.2, -0.15) is 0 Å². The molecule has 0 heterocycles. The molecule has 2 aromatic carbocycles. The molecule has 1 amide bonds. The van der Waals surface area contributed by atoms with Crippen molar-refractivity contribution in [2.24, 2.45) is 0 Å². The smallest absolute Gasteiger partial charge is 0.411 e. The fourth-order valence-corrected chi connectivity index (χ4v) is 2.27. The van der Waals surface area contributed by atoms with Gasteiger partial charge in [-0.05, 0) is 62.7 Å². The zero-order valence-corrected chi connectivity index (χ0v) is 16.1. The van der Waals surface area contributed by atoms with Crippen LogP contribution in [0.5, 0.6) is 0 Å². The zero-order valence-electron chi connectivity index (χ0n) is 15.4. The van der Waals surface area contributed by atoms with Crippen molar-refractivity contribution >= 4 is 17.7 Å². The monoisotopic (exact) mass is 391 g/mol. The molecule has 0 spiro atoms. The lowest BCUT2D eigenvalue weighted by Gasteiger charge is -2.26. The third kappa shape index (κ3) is 6.92. The Kier molecular flexibility index (Phi) is 6.81. The first kappa shape index (κ1) is 20.7. The normalized spacial score (nSPS) is 10.7. The largest absolute Gasteiger partial charge is 0.444 e. The lowest BCUT2D eigenvalue weighted by molar-refractivity contribution is 0.0260. The predicted molar refractivity (Wildman–Crippen MR) is 101 cm³/mol. The van der Waals surface area contributed by atoms with Gasteiger partial charge < -0.3 is 4.74 Å². The number of nitrogens with zero attached hydrogens (tertiary/aromatic N) is 1. The minimum absolute atomic E-state index is 0.0431. The second-order valence-corrected chi connectivity index (χ2v) is 7.33. The van der Waals surface area contributed by atoms with E-state index in [0.29, 0.717) is 10.6 Å². The molecular weight excluding hydrogens is 372 g/mol. The fraction of sp³-hybridized carbons (Fsp3) is 0.286. The van der Waals surface area contributed by atoms with Crippen LogP contribution in [0, 0.1) is 23.5 Å². The van der Waals surface area contributed by atoms with Crippen LogP contribution in [0.15, 0.2) is 42.5 Å². The molecule has 0 unspecified atom stereocenters. The highest BCUT2D eigenvalue weighted by atomic mass is 35.5. The standard InChI is InChI=1S/C21H20ClF2NO2/c1-21(2,3)27-20(26)25(14-16-8-11-18(23)19(24)13-16)12-4-5-15-6-9-17(22)10-7-15/h6-11,13H,12,14H2,1-3H3. The molecule has 6 heteroatoms. The van der Waals surface area contributed by atoms with E-state index in [4.69, 9.17) is 16.3 Å². The second kappa shape index (κ2) is 8.88. The van der Waals surface area contributed by atoms with E-state index >= 15 is 0 Å². The molecule has 0 atom stereocenters. The van der Waals surface area contributed by atoms with Crippen molar-refractivity contribution in [3.05, 3.63) is 70.2 Å². The van der Waals surface area contributed by atoms with Crippen LogP contribution in [0.4, 0.5) is 13.6 Å². The van der Waals surface area contributed by atoms with E-state index in [1.54, 1.807) is 45.0 Å². The first-order valence-electron chi connectivity index (χ1n) is 8.30. The summed E-state index contributed by atoms with van der Waals surface area (Å²) in [4.78, 5) is 13.8. The highest BCUT2D eigenvalue weighted by Crippen LogP contribution is 2.15. The number of benzene rings is 2. The lowest BCUT2D eigenvalue weighted by atomic mass is 10.2. The topological polar surface area (TPSA) is 29.5 Å². The number of rotatable bonds is 3. The number of carbonyl (C=O) groups excluding carboxylic acids is 1. The number of amides is 1. The van der Waals surface area contributed by atoms with Crippen LogP contribution >= 0.6 is 11.6 Å². The molecule has 0 aliphatic heterocycles. The summed E-state index contributed by atoms with van der Waals surface area (Å²) < 4.78 is 32.0. The molecular formula is C21H20ClF2NO2. The summed E-state index contributed by atoms with van der Waals surface area (Å²) in [6.07, 6.45) is -0.586. The maximum atomic E-state index is 13.5. The maximum Gasteiger partial charge on any atom is 0.411 e. The molecule has 27 heavy (non-hydrogen) atoms. The van der Waals surface area contributed by atoms with Gasteiger partial charge in [0, 0.05) is 10.6 Å². The number of halogens is 3. The highest BCUT2D eigenvalue weighted by molar-refractivity contribution is 6.30. The molecule has 2 rings (SSSR count). The van der Waals surface area contributed by atoms with Crippen molar-refractivity contribution in [1.82, 2.24) is 4.90 Å². The van der Waals surface area contributed by atoms with Crippen molar-refractivity contribution in [3.8, 4) is 11.8 Å². The average molecular weight is 392 g/mol. The fourth-order valence-electron chi connectivity index (χ4n) is 2.14. The molecule has 0 fully saturated rings. The minimum Gasteiger partial charge on any atom is -0.444 e. The number of hydrogen-bond acceptors (Lipinski definition) is 2. The van der Waals surface area contributed by atoms with Gasteiger partial charge in [-0.15, -0.1) is 0 Å². The Bertz CT molecular complexity index is 864. The third-order valence-electron chi connectivity index (χ3n) is 3.36. The predicted octanol–water partition coefficient (Wildman–Crippen LogP) is 5.41.